The number of carbonyl (C=O) groups excluding carboxylic acids is 1. The van der Waals surface area contributed by atoms with Crippen LogP contribution >= 0.6 is 0 Å². The van der Waals surface area contributed by atoms with Crippen molar-refractivity contribution in [3.8, 4) is 11.4 Å². The van der Waals surface area contributed by atoms with E-state index in [1.807, 2.05) is 13.0 Å². The summed E-state index contributed by atoms with van der Waals surface area (Å²) in [5, 5.41) is 0. The molecule has 2 aromatic rings. The standard InChI is InChI=1S/C11H9N3O/c1-8-5-9(6-10(7-15)14-8)11-12-3-2-4-13-11/h2-7H,1H3. The predicted octanol–water partition coefficient (Wildman–Crippen LogP) is 1.66. The molecule has 0 aliphatic rings. The van der Waals surface area contributed by atoms with Gasteiger partial charge in [0, 0.05) is 23.7 Å². The van der Waals surface area contributed by atoms with Crippen molar-refractivity contribution in [2.45, 2.75) is 6.92 Å². The Labute approximate surface area is 87.0 Å². The molecule has 0 bridgehead atoms. The quantitative estimate of drug-likeness (QED) is 0.690. The maximum absolute atomic E-state index is 10.6. The van der Waals surface area contributed by atoms with Crippen molar-refractivity contribution >= 4 is 6.29 Å². The van der Waals surface area contributed by atoms with Crippen molar-refractivity contribution in [3.05, 3.63) is 42.0 Å². The number of nitrogens with zero attached hydrogens (tertiary/aromatic N) is 3. The molecule has 2 heterocycles. The Balaban J connectivity index is 2.53. The molecular formula is C11H9N3O. The van der Waals surface area contributed by atoms with Gasteiger partial charge >= 0.3 is 0 Å². The Bertz CT molecular complexity index is 482. The van der Waals surface area contributed by atoms with E-state index < -0.39 is 0 Å². The summed E-state index contributed by atoms with van der Waals surface area (Å²) in [6.45, 7) is 1.83. The zero-order valence-electron chi connectivity index (χ0n) is 8.21. The second-order valence-corrected chi connectivity index (χ2v) is 3.11. The van der Waals surface area contributed by atoms with Gasteiger partial charge in [-0.2, -0.15) is 0 Å². The van der Waals surface area contributed by atoms with Crippen molar-refractivity contribution in [1.82, 2.24) is 15.0 Å². The van der Waals surface area contributed by atoms with Gasteiger partial charge in [0.1, 0.15) is 5.69 Å². The van der Waals surface area contributed by atoms with E-state index in [4.69, 9.17) is 0 Å². The first-order chi connectivity index (χ1) is 7.29. The highest BCUT2D eigenvalue weighted by molar-refractivity contribution is 5.75. The lowest BCUT2D eigenvalue weighted by Gasteiger charge is -2.01. The molecule has 0 aliphatic heterocycles. The minimum atomic E-state index is 0.400. The predicted molar refractivity (Wildman–Crippen MR) is 55.4 cm³/mol. The molecule has 0 radical (unpaired) electrons. The first-order valence-electron chi connectivity index (χ1n) is 4.51. The Morgan fingerprint density at radius 2 is 1.93 bits per heavy atom. The maximum Gasteiger partial charge on any atom is 0.168 e. The molecule has 0 aromatic carbocycles. The molecule has 0 amide bonds. The van der Waals surface area contributed by atoms with Gasteiger partial charge in [-0.25, -0.2) is 9.97 Å². The molecule has 0 spiro atoms. The van der Waals surface area contributed by atoms with Gasteiger partial charge in [0.25, 0.3) is 0 Å². The molecule has 2 aromatic heterocycles. The number of hydrogen-bond donors (Lipinski definition) is 0. The van der Waals surface area contributed by atoms with Gasteiger partial charge in [-0.05, 0) is 25.1 Å². The van der Waals surface area contributed by atoms with Crippen molar-refractivity contribution in [3.63, 3.8) is 0 Å². The monoisotopic (exact) mass is 199 g/mol. The minimum absolute atomic E-state index is 0.400. The largest absolute Gasteiger partial charge is 0.296 e. The van der Waals surface area contributed by atoms with Crippen LogP contribution in [0.3, 0.4) is 0 Å². The average Bonchev–Trinajstić information content (AvgIpc) is 2.29. The lowest BCUT2D eigenvalue weighted by molar-refractivity contribution is 0.111. The average molecular weight is 199 g/mol. The van der Waals surface area contributed by atoms with Crippen molar-refractivity contribution < 1.29 is 4.79 Å². The third kappa shape index (κ3) is 2.04. The number of rotatable bonds is 2. The summed E-state index contributed by atoms with van der Waals surface area (Å²) in [6, 6.07) is 5.27. The van der Waals surface area contributed by atoms with Crippen LogP contribution < -0.4 is 0 Å². The number of pyridine rings is 1. The van der Waals surface area contributed by atoms with Gasteiger partial charge in [0.05, 0.1) is 0 Å². The van der Waals surface area contributed by atoms with E-state index in [9.17, 15) is 4.79 Å². The zero-order chi connectivity index (χ0) is 10.7. The second kappa shape index (κ2) is 3.96. The Hall–Kier alpha value is -2.10. The molecule has 15 heavy (non-hydrogen) atoms. The lowest BCUT2D eigenvalue weighted by Crippen LogP contribution is -1.94. The molecule has 4 nitrogen and oxygen atoms in total. The molecule has 0 aliphatic carbocycles. The summed E-state index contributed by atoms with van der Waals surface area (Å²) in [7, 11) is 0. The normalized spacial score (nSPS) is 9.93. The van der Waals surface area contributed by atoms with Crippen LogP contribution in [0.4, 0.5) is 0 Å². The number of aldehydes is 1. The van der Waals surface area contributed by atoms with E-state index in [1.54, 1.807) is 24.5 Å². The van der Waals surface area contributed by atoms with E-state index in [-0.39, 0.29) is 0 Å². The third-order valence-electron chi connectivity index (χ3n) is 1.92. The summed E-state index contributed by atoms with van der Waals surface area (Å²) in [4.78, 5) is 22.9. The van der Waals surface area contributed by atoms with Gasteiger partial charge < -0.3 is 0 Å². The molecule has 0 atom stereocenters. The van der Waals surface area contributed by atoms with Crippen LogP contribution in [0.5, 0.6) is 0 Å². The summed E-state index contributed by atoms with van der Waals surface area (Å²) in [6.07, 6.45) is 4.05. The highest BCUT2D eigenvalue weighted by atomic mass is 16.1. The molecule has 74 valence electrons. The van der Waals surface area contributed by atoms with E-state index in [1.165, 1.54) is 0 Å². The molecule has 0 unspecified atom stereocenters. The topological polar surface area (TPSA) is 55.7 Å². The van der Waals surface area contributed by atoms with Gasteiger partial charge in [0.15, 0.2) is 12.1 Å². The summed E-state index contributed by atoms with van der Waals surface area (Å²) < 4.78 is 0. The summed E-state index contributed by atoms with van der Waals surface area (Å²) in [5.74, 6) is 0.603. The van der Waals surface area contributed by atoms with E-state index in [0.717, 1.165) is 17.5 Å². The minimum Gasteiger partial charge on any atom is -0.296 e. The van der Waals surface area contributed by atoms with E-state index >= 15 is 0 Å². The highest BCUT2D eigenvalue weighted by Gasteiger charge is 2.03. The number of aryl methyl sites for hydroxylation is 1. The smallest absolute Gasteiger partial charge is 0.168 e. The molecule has 0 saturated carbocycles. The molecule has 0 saturated heterocycles. The number of aromatic nitrogens is 3. The Morgan fingerprint density at radius 1 is 1.20 bits per heavy atom. The van der Waals surface area contributed by atoms with Crippen molar-refractivity contribution in [2.75, 3.05) is 0 Å². The van der Waals surface area contributed by atoms with Gasteiger partial charge in [-0.3, -0.25) is 9.78 Å². The van der Waals surface area contributed by atoms with Crippen LogP contribution in [0.15, 0.2) is 30.6 Å². The van der Waals surface area contributed by atoms with Crippen LogP contribution in [0.2, 0.25) is 0 Å². The molecule has 0 N–H and O–H groups in total. The fourth-order valence-corrected chi connectivity index (χ4v) is 1.33. The summed E-state index contributed by atoms with van der Waals surface area (Å²) >= 11 is 0. The first kappa shape index (κ1) is 9.45. The van der Waals surface area contributed by atoms with E-state index in [2.05, 4.69) is 15.0 Å². The summed E-state index contributed by atoms with van der Waals surface area (Å²) in [5.41, 5.74) is 1.99. The first-order valence-corrected chi connectivity index (χ1v) is 4.51. The van der Waals surface area contributed by atoms with Crippen LogP contribution in [0.25, 0.3) is 11.4 Å². The molecule has 2 rings (SSSR count). The van der Waals surface area contributed by atoms with Crippen LogP contribution in [-0.2, 0) is 0 Å². The van der Waals surface area contributed by atoms with E-state index in [0.29, 0.717) is 11.5 Å². The SMILES string of the molecule is Cc1cc(-c2ncccn2)cc(C=O)n1. The molecule has 4 heteroatoms. The third-order valence-corrected chi connectivity index (χ3v) is 1.92. The Kier molecular flexibility index (Phi) is 2.49. The van der Waals surface area contributed by atoms with Gasteiger partial charge in [-0.1, -0.05) is 0 Å². The highest BCUT2D eigenvalue weighted by Crippen LogP contribution is 2.15. The van der Waals surface area contributed by atoms with Crippen LogP contribution in [0.1, 0.15) is 16.2 Å². The second-order valence-electron chi connectivity index (χ2n) is 3.11. The fourth-order valence-electron chi connectivity index (χ4n) is 1.33. The number of carbonyl (C=O) groups is 1. The Morgan fingerprint density at radius 3 is 2.60 bits per heavy atom. The molecule has 0 fully saturated rings. The van der Waals surface area contributed by atoms with Gasteiger partial charge in [0.2, 0.25) is 0 Å². The van der Waals surface area contributed by atoms with Gasteiger partial charge in [-0.15, -0.1) is 0 Å². The van der Waals surface area contributed by atoms with Crippen molar-refractivity contribution in [1.29, 1.82) is 0 Å². The maximum atomic E-state index is 10.6. The van der Waals surface area contributed by atoms with Crippen LogP contribution in [-0.4, -0.2) is 21.2 Å². The van der Waals surface area contributed by atoms with Crippen LogP contribution in [0, 0.1) is 6.92 Å². The lowest BCUT2D eigenvalue weighted by atomic mass is 10.2. The zero-order valence-corrected chi connectivity index (χ0v) is 8.21. The fraction of sp³-hybridized carbons (Fsp3) is 0.0909. The molecular weight excluding hydrogens is 190 g/mol. The van der Waals surface area contributed by atoms with Crippen molar-refractivity contribution in [2.24, 2.45) is 0 Å². The number of hydrogen-bond acceptors (Lipinski definition) is 4.